The van der Waals surface area contributed by atoms with E-state index in [4.69, 9.17) is 9.16 Å². The molecule has 3 rings (SSSR count). The van der Waals surface area contributed by atoms with E-state index < -0.39 is 20.2 Å². The summed E-state index contributed by atoms with van der Waals surface area (Å²) in [7, 11) is -1.77. The standard InChI is InChI=1S/C26H36FNO3Si/c1-26(2,3)32(4,5)31-22-14-11-20(12-15-22)21-13-16-24(23(27)17-21)28-25(29)30-18-19-9-7-6-8-10-19/h6-10,13,16-17,20,22H,11-12,14-15,18H2,1-5H3,(H,28,29). The molecule has 6 heteroatoms. The fourth-order valence-electron chi connectivity index (χ4n) is 3.86. The Balaban J connectivity index is 1.51. The lowest BCUT2D eigenvalue weighted by molar-refractivity contribution is 0.130. The van der Waals surface area contributed by atoms with Crippen LogP contribution in [0.1, 0.15) is 63.5 Å². The van der Waals surface area contributed by atoms with Gasteiger partial charge in [-0.05, 0) is 73.0 Å². The molecule has 4 nitrogen and oxygen atoms in total. The molecule has 1 N–H and O–H groups in total. The van der Waals surface area contributed by atoms with Crippen molar-refractivity contribution in [1.82, 2.24) is 0 Å². The topological polar surface area (TPSA) is 47.6 Å². The maximum Gasteiger partial charge on any atom is 0.412 e. The number of hydrogen-bond donors (Lipinski definition) is 1. The molecule has 0 atom stereocenters. The minimum Gasteiger partial charge on any atom is -0.444 e. The van der Waals surface area contributed by atoms with Crippen molar-refractivity contribution in [1.29, 1.82) is 0 Å². The van der Waals surface area contributed by atoms with E-state index in [1.165, 1.54) is 0 Å². The van der Waals surface area contributed by atoms with Crippen LogP contribution < -0.4 is 5.32 Å². The maximum absolute atomic E-state index is 14.7. The van der Waals surface area contributed by atoms with Crippen LogP contribution in [-0.2, 0) is 15.8 Å². The molecule has 0 radical (unpaired) electrons. The molecule has 1 aliphatic rings. The van der Waals surface area contributed by atoms with Gasteiger partial charge in [0.25, 0.3) is 0 Å². The van der Waals surface area contributed by atoms with Gasteiger partial charge >= 0.3 is 6.09 Å². The van der Waals surface area contributed by atoms with Crippen LogP contribution in [0.15, 0.2) is 48.5 Å². The molecule has 0 spiro atoms. The highest BCUT2D eigenvalue weighted by Gasteiger charge is 2.39. The van der Waals surface area contributed by atoms with E-state index in [1.807, 2.05) is 36.4 Å². The molecule has 0 aliphatic heterocycles. The van der Waals surface area contributed by atoms with Gasteiger partial charge in [0, 0.05) is 6.10 Å². The largest absolute Gasteiger partial charge is 0.444 e. The smallest absolute Gasteiger partial charge is 0.412 e. The zero-order valence-electron chi connectivity index (χ0n) is 19.9. The summed E-state index contributed by atoms with van der Waals surface area (Å²) < 4.78 is 26.4. The highest BCUT2D eigenvalue weighted by molar-refractivity contribution is 6.74. The Morgan fingerprint density at radius 1 is 1.06 bits per heavy atom. The number of amides is 1. The molecule has 1 amide bonds. The number of nitrogens with one attached hydrogen (secondary N) is 1. The molecule has 174 valence electrons. The highest BCUT2D eigenvalue weighted by atomic mass is 28.4. The van der Waals surface area contributed by atoms with Gasteiger partial charge in [-0.2, -0.15) is 0 Å². The Morgan fingerprint density at radius 3 is 2.31 bits per heavy atom. The quantitative estimate of drug-likeness (QED) is 0.454. The van der Waals surface area contributed by atoms with Crippen molar-refractivity contribution in [3.8, 4) is 0 Å². The van der Waals surface area contributed by atoms with Gasteiger partial charge in [-0.25, -0.2) is 9.18 Å². The summed E-state index contributed by atoms with van der Waals surface area (Å²) in [4.78, 5) is 12.0. The number of carbonyl (C=O) groups is 1. The third-order valence-corrected chi connectivity index (χ3v) is 11.4. The van der Waals surface area contributed by atoms with Gasteiger partial charge in [0.05, 0.1) is 5.69 Å². The minimum atomic E-state index is -1.77. The lowest BCUT2D eigenvalue weighted by Crippen LogP contribution is -2.44. The van der Waals surface area contributed by atoms with Gasteiger partial charge < -0.3 is 9.16 Å². The molecule has 0 saturated heterocycles. The normalized spacial score (nSPS) is 19.4. The summed E-state index contributed by atoms with van der Waals surface area (Å²) in [5, 5.41) is 2.71. The molecule has 1 saturated carbocycles. The van der Waals surface area contributed by atoms with Crippen LogP contribution in [0.4, 0.5) is 14.9 Å². The van der Waals surface area contributed by atoms with E-state index in [-0.39, 0.29) is 17.3 Å². The van der Waals surface area contributed by atoms with Crippen molar-refractivity contribution in [3.63, 3.8) is 0 Å². The van der Waals surface area contributed by atoms with Crippen molar-refractivity contribution >= 4 is 20.1 Å². The third kappa shape index (κ3) is 6.42. The Labute approximate surface area is 192 Å². The van der Waals surface area contributed by atoms with Crippen molar-refractivity contribution in [3.05, 3.63) is 65.5 Å². The zero-order valence-corrected chi connectivity index (χ0v) is 20.9. The summed E-state index contributed by atoms with van der Waals surface area (Å²) in [6.07, 6.45) is 3.63. The first-order valence-corrected chi connectivity index (χ1v) is 14.4. The SMILES string of the molecule is CC(C)(C)[Si](C)(C)OC1CCC(c2ccc(NC(=O)OCc3ccccc3)c(F)c2)CC1. The van der Waals surface area contributed by atoms with Crippen LogP contribution in [0.2, 0.25) is 18.1 Å². The summed E-state index contributed by atoms with van der Waals surface area (Å²) in [5.74, 6) is -0.110. The Hall–Kier alpha value is -2.18. The molecular weight excluding hydrogens is 421 g/mol. The lowest BCUT2D eigenvalue weighted by Gasteiger charge is -2.41. The van der Waals surface area contributed by atoms with Crippen LogP contribution in [0.5, 0.6) is 0 Å². The van der Waals surface area contributed by atoms with Crippen molar-refractivity contribution < 1.29 is 18.3 Å². The number of benzene rings is 2. The second-order valence-electron chi connectivity index (χ2n) is 10.3. The second kappa shape index (κ2) is 10.2. The van der Waals surface area contributed by atoms with Gasteiger partial charge in [0.15, 0.2) is 8.32 Å². The van der Waals surface area contributed by atoms with Gasteiger partial charge in [0.1, 0.15) is 12.4 Å². The summed E-state index contributed by atoms with van der Waals surface area (Å²) in [5.41, 5.74) is 2.00. The Kier molecular flexibility index (Phi) is 7.78. The third-order valence-electron chi connectivity index (χ3n) is 6.86. The molecule has 32 heavy (non-hydrogen) atoms. The first kappa shape index (κ1) is 24.5. The fraction of sp³-hybridized carbons (Fsp3) is 0.500. The van der Waals surface area contributed by atoms with Crippen LogP contribution in [-0.4, -0.2) is 20.5 Å². The highest BCUT2D eigenvalue weighted by Crippen LogP contribution is 2.41. The first-order chi connectivity index (χ1) is 15.0. The zero-order chi connectivity index (χ0) is 23.4. The number of halogens is 1. The van der Waals surface area contributed by atoms with E-state index >= 15 is 0 Å². The molecule has 1 aliphatic carbocycles. The number of carbonyl (C=O) groups excluding carboxylic acids is 1. The number of anilines is 1. The number of rotatable bonds is 6. The molecule has 2 aromatic carbocycles. The second-order valence-corrected chi connectivity index (χ2v) is 15.0. The van der Waals surface area contributed by atoms with Crippen LogP contribution in [0, 0.1) is 5.82 Å². The summed E-state index contributed by atoms with van der Waals surface area (Å²) in [6.45, 7) is 11.5. The van der Waals surface area contributed by atoms with Crippen LogP contribution in [0.3, 0.4) is 0 Å². The average molecular weight is 458 g/mol. The summed E-state index contributed by atoms with van der Waals surface area (Å²) in [6, 6.07) is 14.5. The van der Waals surface area contributed by atoms with E-state index in [1.54, 1.807) is 12.1 Å². The number of hydrogen-bond acceptors (Lipinski definition) is 3. The Bertz CT molecular complexity index is 903. The molecule has 0 unspecified atom stereocenters. The van der Waals surface area contributed by atoms with Gasteiger partial charge in [-0.1, -0.05) is 57.2 Å². The van der Waals surface area contributed by atoms with Crippen LogP contribution in [0.25, 0.3) is 0 Å². The fourth-order valence-corrected chi connectivity index (χ4v) is 5.29. The number of ether oxygens (including phenoxy) is 1. The van der Waals surface area contributed by atoms with Gasteiger partial charge in [0.2, 0.25) is 0 Å². The summed E-state index contributed by atoms with van der Waals surface area (Å²) >= 11 is 0. The monoisotopic (exact) mass is 457 g/mol. The molecule has 2 aromatic rings. The van der Waals surface area contributed by atoms with Crippen molar-refractivity contribution in [2.45, 2.75) is 83.2 Å². The molecular formula is C26H36FNO3Si. The van der Waals surface area contributed by atoms with E-state index in [2.05, 4.69) is 39.2 Å². The molecule has 0 bridgehead atoms. The molecule has 0 heterocycles. The van der Waals surface area contributed by atoms with E-state index in [0.29, 0.717) is 12.0 Å². The predicted octanol–water partition coefficient (Wildman–Crippen LogP) is 7.62. The first-order valence-electron chi connectivity index (χ1n) is 11.5. The van der Waals surface area contributed by atoms with Crippen LogP contribution >= 0.6 is 0 Å². The Morgan fingerprint density at radius 2 is 1.72 bits per heavy atom. The van der Waals surface area contributed by atoms with Crippen molar-refractivity contribution in [2.75, 3.05) is 5.32 Å². The van der Waals surface area contributed by atoms with Crippen molar-refractivity contribution in [2.24, 2.45) is 0 Å². The van der Waals surface area contributed by atoms with Gasteiger partial charge in [-0.3, -0.25) is 5.32 Å². The molecule has 1 fully saturated rings. The lowest BCUT2D eigenvalue weighted by atomic mass is 9.83. The van der Waals surface area contributed by atoms with E-state index in [0.717, 1.165) is 36.8 Å². The predicted molar refractivity (Wildman–Crippen MR) is 130 cm³/mol. The van der Waals surface area contributed by atoms with Gasteiger partial charge in [-0.15, -0.1) is 0 Å². The minimum absolute atomic E-state index is 0.141. The average Bonchev–Trinajstić information content (AvgIpc) is 2.74. The molecule has 0 aromatic heterocycles. The van der Waals surface area contributed by atoms with E-state index in [9.17, 15) is 9.18 Å². The maximum atomic E-state index is 14.7.